The van der Waals surface area contributed by atoms with Gasteiger partial charge in [0.2, 0.25) is 11.8 Å². The molecular weight excluding hydrogens is 332 g/mol. The molecule has 0 aliphatic carbocycles. The zero-order valence-electron chi connectivity index (χ0n) is 16.1. The summed E-state index contributed by atoms with van der Waals surface area (Å²) in [5, 5.41) is 5.42. The molecule has 1 atom stereocenters. The molecule has 0 bridgehead atoms. The Morgan fingerprint density at radius 2 is 1.65 bits per heavy atom. The van der Waals surface area contributed by atoms with Crippen LogP contribution in [-0.2, 0) is 19.1 Å². The third-order valence-electron chi connectivity index (χ3n) is 3.67. The highest BCUT2D eigenvalue weighted by Gasteiger charge is 2.20. The molecule has 1 aromatic carbocycles. The number of carbonyl (C=O) groups excluding carboxylic acids is 3. The highest BCUT2D eigenvalue weighted by Crippen LogP contribution is 2.17. The fourth-order valence-electron chi connectivity index (χ4n) is 2.35. The number of benzene rings is 1. The van der Waals surface area contributed by atoms with Crippen molar-refractivity contribution < 1.29 is 19.1 Å². The van der Waals surface area contributed by atoms with Crippen molar-refractivity contribution in [2.24, 2.45) is 5.92 Å². The van der Waals surface area contributed by atoms with Crippen molar-refractivity contribution in [1.29, 1.82) is 0 Å². The van der Waals surface area contributed by atoms with Gasteiger partial charge in [0, 0.05) is 6.42 Å². The Bertz CT molecular complexity index is 585. The fourth-order valence-corrected chi connectivity index (χ4v) is 2.35. The Balaban J connectivity index is 2.60. The quantitative estimate of drug-likeness (QED) is 0.627. The van der Waals surface area contributed by atoms with Gasteiger partial charge in [0.25, 0.3) is 0 Å². The minimum Gasteiger partial charge on any atom is -0.463 e. The molecule has 0 heterocycles. The maximum absolute atomic E-state index is 12.2. The average molecular weight is 362 g/mol. The van der Waals surface area contributed by atoms with Gasteiger partial charge in [-0.25, -0.2) is 0 Å². The number of carbonyl (C=O) groups is 3. The average Bonchev–Trinajstić information content (AvgIpc) is 2.57. The second-order valence-electron chi connectivity index (χ2n) is 6.98. The Kier molecular flexibility index (Phi) is 9.41. The molecule has 144 valence electrons. The molecule has 2 N–H and O–H groups in total. The minimum atomic E-state index is -0.498. The van der Waals surface area contributed by atoms with Crippen LogP contribution in [0.5, 0.6) is 0 Å². The van der Waals surface area contributed by atoms with Crippen molar-refractivity contribution in [3.63, 3.8) is 0 Å². The van der Waals surface area contributed by atoms with E-state index in [0.29, 0.717) is 12.3 Å². The van der Waals surface area contributed by atoms with Gasteiger partial charge in [0.15, 0.2) is 0 Å². The van der Waals surface area contributed by atoms with E-state index in [0.717, 1.165) is 12.0 Å². The number of rotatable bonds is 10. The molecule has 6 nitrogen and oxygen atoms in total. The third-order valence-corrected chi connectivity index (χ3v) is 3.67. The first-order valence-corrected chi connectivity index (χ1v) is 9.08. The molecular formula is C20H30N2O4. The van der Waals surface area contributed by atoms with Crippen LogP contribution >= 0.6 is 0 Å². The SMILES string of the molecule is CC(C)CCC(=O)NCC(=O)NC(CC(=O)OC(C)C)c1ccccc1. The largest absolute Gasteiger partial charge is 0.463 e. The Labute approximate surface area is 155 Å². The van der Waals surface area contributed by atoms with Crippen LogP contribution in [0, 0.1) is 5.92 Å². The lowest BCUT2D eigenvalue weighted by atomic mass is 10.0. The first kappa shape index (κ1) is 21.7. The zero-order chi connectivity index (χ0) is 19.5. The molecule has 1 rings (SSSR count). The van der Waals surface area contributed by atoms with Crippen LogP contribution in [0.2, 0.25) is 0 Å². The lowest BCUT2D eigenvalue weighted by Crippen LogP contribution is -2.39. The number of hydrogen-bond acceptors (Lipinski definition) is 4. The first-order chi connectivity index (χ1) is 12.3. The number of amides is 2. The van der Waals surface area contributed by atoms with Crippen LogP contribution in [0.4, 0.5) is 0 Å². The first-order valence-electron chi connectivity index (χ1n) is 9.08. The third kappa shape index (κ3) is 9.20. The van der Waals surface area contributed by atoms with Crippen LogP contribution in [0.3, 0.4) is 0 Å². The summed E-state index contributed by atoms with van der Waals surface area (Å²) in [5.41, 5.74) is 0.813. The van der Waals surface area contributed by atoms with Gasteiger partial charge in [-0.2, -0.15) is 0 Å². The van der Waals surface area contributed by atoms with Crippen molar-refractivity contribution in [2.75, 3.05) is 6.54 Å². The van der Waals surface area contributed by atoms with E-state index in [1.165, 1.54) is 0 Å². The summed E-state index contributed by atoms with van der Waals surface area (Å²) in [5.74, 6) is -0.433. The Morgan fingerprint density at radius 1 is 1.00 bits per heavy atom. The van der Waals surface area contributed by atoms with E-state index in [1.807, 2.05) is 44.2 Å². The molecule has 0 radical (unpaired) electrons. The van der Waals surface area contributed by atoms with Crippen LogP contribution in [0.25, 0.3) is 0 Å². The van der Waals surface area contributed by atoms with Crippen LogP contribution < -0.4 is 10.6 Å². The molecule has 1 unspecified atom stereocenters. The number of hydrogen-bond donors (Lipinski definition) is 2. The lowest BCUT2D eigenvalue weighted by Gasteiger charge is -2.19. The van der Waals surface area contributed by atoms with Crippen LogP contribution in [0.1, 0.15) is 58.6 Å². The topological polar surface area (TPSA) is 84.5 Å². The minimum absolute atomic E-state index is 0.0369. The second kappa shape index (κ2) is 11.3. The van der Waals surface area contributed by atoms with Crippen molar-refractivity contribution in [3.05, 3.63) is 35.9 Å². The monoisotopic (exact) mass is 362 g/mol. The highest BCUT2D eigenvalue weighted by atomic mass is 16.5. The number of ether oxygens (including phenoxy) is 1. The molecule has 26 heavy (non-hydrogen) atoms. The summed E-state index contributed by atoms with van der Waals surface area (Å²) in [6.45, 7) is 7.53. The van der Waals surface area contributed by atoms with E-state index < -0.39 is 6.04 Å². The summed E-state index contributed by atoms with van der Waals surface area (Å²) in [6, 6.07) is 8.74. The van der Waals surface area contributed by atoms with Crippen molar-refractivity contribution in [1.82, 2.24) is 10.6 Å². The molecule has 0 spiro atoms. The van der Waals surface area contributed by atoms with Gasteiger partial charge in [-0.3, -0.25) is 14.4 Å². The van der Waals surface area contributed by atoms with E-state index in [1.54, 1.807) is 13.8 Å². The van der Waals surface area contributed by atoms with Gasteiger partial charge in [-0.1, -0.05) is 44.2 Å². The van der Waals surface area contributed by atoms with E-state index in [2.05, 4.69) is 10.6 Å². The molecule has 2 amide bonds. The number of nitrogens with one attached hydrogen (secondary N) is 2. The summed E-state index contributed by atoms with van der Waals surface area (Å²) in [6.07, 6.45) is 0.999. The molecule has 1 aromatic rings. The van der Waals surface area contributed by atoms with Gasteiger partial charge < -0.3 is 15.4 Å². The van der Waals surface area contributed by atoms with Gasteiger partial charge in [-0.15, -0.1) is 0 Å². The van der Waals surface area contributed by atoms with Gasteiger partial charge in [-0.05, 0) is 31.7 Å². The predicted molar refractivity (Wildman–Crippen MR) is 100 cm³/mol. The normalized spacial score (nSPS) is 11.9. The van der Waals surface area contributed by atoms with E-state index in [-0.39, 0.29) is 36.9 Å². The van der Waals surface area contributed by atoms with Gasteiger partial charge in [0.1, 0.15) is 0 Å². The zero-order valence-corrected chi connectivity index (χ0v) is 16.1. The van der Waals surface area contributed by atoms with Gasteiger partial charge >= 0.3 is 5.97 Å². The highest BCUT2D eigenvalue weighted by molar-refractivity contribution is 5.85. The Hall–Kier alpha value is -2.37. The predicted octanol–water partition coefficient (Wildman–Crippen LogP) is 2.74. The molecule has 6 heteroatoms. The van der Waals surface area contributed by atoms with E-state index in [9.17, 15) is 14.4 Å². The molecule has 0 aliphatic heterocycles. The molecule has 0 fully saturated rings. The molecule has 0 aliphatic rings. The summed E-state index contributed by atoms with van der Waals surface area (Å²) >= 11 is 0. The molecule has 0 saturated carbocycles. The smallest absolute Gasteiger partial charge is 0.308 e. The van der Waals surface area contributed by atoms with Crippen LogP contribution in [-0.4, -0.2) is 30.4 Å². The summed E-state index contributed by atoms with van der Waals surface area (Å²) < 4.78 is 5.18. The standard InChI is InChI=1S/C20H30N2O4/c1-14(2)10-11-18(23)21-13-19(24)22-17(12-20(25)26-15(3)4)16-8-6-5-7-9-16/h5-9,14-15,17H,10-13H2,1-4H3,(H,21,23)(H,22,24). The van der Waals surface area contributed by atoms with Gasteiger partial charge in [0.05, 0.1) is 25.1 Å². The Morgan fingerprint density at radius 3 is 2.23 bits per heavy atom. The maximum Gasteiger partial charge on any atom is 0.308 e. The van der Waals surface area contributed by atoms with Crippen molar-refractivity contribution >= 4 is 17.8 Å². The van der Waals surface area contributed by atoms with Crippen LogP contribution in [0.15, 0.2) is 30.3 Å². The lowest BCUT2D eigenvalue weighted by molar-refractivity contribution is -0.148. The second-order valence-corrected chi connectivity index (χ2v) is 6.98. The number of esters is 1. The summed E-state index contributed by atoms with van der Waals surface area (Å²) in [7, 11) is 0. The maximum atomic E-state index is 12.2. The van der Waals surface area contributed by atoms with Crippen molar-refractivity contribution in [2.45, 2.75) is 59.1 Å². The molecule has 0 saturated heterocycles. The van der Waals surface area contributed by atoms with E-state index in [4.69, 9.17) is 4.74 Å². The summed E-state index contributed by atoms with van der Waals surface area (Å²) in [4.78, 5) is 35.9. The van der Waals surface area contributed by atoms with Crippen molar-refractivity contribution in [3.8, 4) is 0 Å². The molecule has 0 aromatic heterocycles. The van der Waals surface area contributed by atoms with E-state index >= 15 is 0 Å². The fraction of sp³-hybridized carbons (Fsp3) is 0.550.